The van der Waals surface area contributed by atoms with Gasteiger partial charge in [-0.25, -0.2) is 8.42 Å². The van der Waals surface area contributed by atoms with Gasteiger partial charge in [0.25, 0.3) is 10.0 Å². The third-order valence-electron chi connectivity index (χ3n) is 4.25. The summed E-state index contributed by atoms with van der Waals surface area (Å²) in [6.07, 6.45) is 3.26. The summed E-state index contributed by atoms with van der Waals surface area (Å²) in [6, 6.07) is 16.0. The molecule has 3 aromatic rings. The molecular weight excluding hydrogens is 426 g/mol. The molecule has 2 aromatic carbocycles. The summed E-state index contributed by atoms with van der Waals surface area (Å²) in [7, 11) is -2.54. The predicted molar refractivity (Wildman–Crippen MR) is 115 cm³/mol. The van der Waals surface area contributed by atoms with Crippen LogP contribution in [0.15, 0.2) is 78.0 Å². The number of rotatable bonds is 8. The average molecular weight is 446 g/mol. The van der Waals surface area contributed by atoms with Crippen LogP contribution < -0.4 is 14.4 Å². The van der Waals surface area contributed by atoms with Gasteiger partial charge in [-0.2, -0.15) is 0 Å². The molecule has 30 heavy (non-hydrogen) atoms. The number of halogens is 1. The van der Waals surface area contributed by atoms with E-state index in [0.717, 1.165) is 9.87 Å². The molecule has 1 heterocycles. The number of nitrogens with one attached hydrogen (secondary N) is 1. The fourth-order valence-electron chi connectivity index (χ4n) is 2.73. The molecule has 3 rings (SSSR count). The third-order valence-corrected chi connectivity index (χ3v) is 6.34. The third kappa shape index (κ3) is 5.08. The molecule has 1 N–H and O–H groups in total. The van der Waals surface area contributed by atoms with Gasteiger partial charge >= 0.3 is 0 Å². The Hall–Kier alpha value is -3.10. The molecule has 1 aromatic heterocycles. The summed E-state index contributed by atoms with van der Waals surface area (Å²) in [5, 5.41) is 2.95. The maximum absolute atomic E-state index is 13.3. The van der Waals surface area contributed by atoms with E-state index < -0.39 is 22.5 Å². The van der Waals surface area contributed by atoms with Crippen LogP contribution in [0.1, 0.15) is 5.56 Å². The molecule has 0 unspecified atom stereocenters. The monoisotopic (exact) mass is 445 g/mol. The van der Waals surface area contributed by atoms with Gasteiger partial charge < -0.3 is 10.1 Å². The minimum absolute atomic E-state index is 0.0667. The number of sulfonamides is 1. The van der Waals surface area contributed by atoms with Crippen LogP contribution in [0.2, 0.25) is 5.02 Å². The van der Waals surface area contributed by atoms with Crippen LogP contribution in [0.4, 0.5) is 5.69 Å². The van der Waals surface area contributed by atoms with Gasteiger partial charge in [-0.3, -0.25) is 14.1 Å². The summed E-state index contributed by atoms with van der Waals surface area (Å²) >= 11 is 6.19. The first kappa shape index (κ1) is 21.6. The van der Waals surface area contributed by atoms with Gasteiger partial charge in [0, 0.05) is 18.9 Å². The molecule has 0 saturated carbocycles. The second-order valence-electron chi connectivity index (χ2n) is 6.28. The Morgan fingerprint density at radius 2 is 1.90 bits per heavy atom. The first-order chi connectivity index (χ1) is 14.4. The quantitative estimate of drug-likeness (QED) is 0.575. The summed E-state index contributed by atoms with van der Waals surface area (Å²) < 4.78 is 32.7. The molecule has 0 fully saturated rings. The average Bonchev–Trinajstić information content (AvgIpc) is 2.77. The molecule has 0 radical (unpaired) electrons. The molecule has 9 heteroatoms. The maximum Gasteiger partial charge on any atom is 0.264 e. The number of benzene rings is 2. The second-order valence-corrected chi connectivity index (χ2v) is 8.55. The number of amides is 1. The minimum atomic E-state index is -4.01. The van der Waals surface area contributed by atoms with Gasteiger partial charge in [0.05, 0.1) is 22.7 Å². The van der Waals surface area contributed by atoms with E-state index in [9.17, 15) is 13.2 Å². The number of carbonyl (C=O) groups excluding carboxylic acids is 1. The van der Waals surface area contributed by atoms with Crippen LogP contribution in [0, 0.1) is 0 Å². The standard InChI is InChI=1S/C21H20ClN3O4S/c1-29-20-10-9-17(12-19(20)22)25(30(27,28)18-7-3-2-4-8-18)15-21(26)24-14-16-6-5-11-23-13-16/h2-13H,14-15H2,1H3,(H,24,26). The van der Waals surface area contributed by atoms with Gasteiger partial charge in [-0.15, -0.1) is 0 Å². The van der Waals surface area contributed by atoms with Crippen molar-refractivity contribution in [1.29, 1.82) is 0 Å². The van der Waals surface area contributed by atoms with E-state index in [0.29, 0.717) is 5.75 Å². The highest BCUT2D eigenvalue weighted by molar-refractivity contribution is 7.92. The minimum Gasteiger partial charge on any atom is -0.495 e. The Labute approximate surface area is 180 Å². The van der Waals surface area contributed by atoms with E-state index in [-0.39, 0.29) is 22.2 Å². The Morgan fingerprint density at radius 3 is 2.53 bits per heavy atom. The highest BCUT2D eigenvalue weighted by atomic mass is 35.5. The summed E-state index contributed by atoms with van der Waals surface area (Å²) in [4.78, 5) is 16.6. The number of hydrogen-bond acceptors (Lipinski definition) is 5. The Bertz CT molecular complexity index is 1110. The van der Waals surface area contributed by atoms with Crippen molar-refractivity contribution in [1.82, 2.24) is 10.3 Å². The lowest BCUT2D eigenvalue weighted by Gasteiger charge is -2.24. The van der Waals surface area contributed by atoms with Gasteiger partial charge in [0.15, 0.2) is 0 Å². The largest absolute Gasteiger partial charge is 0.495 e. The molecule has 156 valence electrons. The molecule has 0 spiro atoms. The van der Waals surface area contributed by atoms with Crippen molar-refractivity contribution in [2.75, 3.05) is 18.0 Å². The van der Waals surface area contributed by atoms with Gasteiger partial charge in [0.1, 0.15) is 12.3 Å². The first-order valence-electron chi connectivity index (χ1n) is 8.99. The SMILES string of the molecule is COc1ccc(N(CC(=O)NCc2cccnc2)S(=O)(=O)c2ccccc2)cc1Cl. The van der Waals surface area contributed by atoms with Crippen molar-refractivity contribution in [2.45, 2.75) is 11.4 Å². The molecule has 0 saturated heterocycles. The molecule has 0 aliphatic heterocycles. The zero-order valence-electron chi connectivity index (χ0n) is 16.2. The maximum atomic E-state index is 13.3. The van der Waals surface area contributed by atoms with Crippen molar-refractivity contribution >= 4 is 33.2 Å². The molecule has 0 aliphatic rings. The fraction of sp³-hybridized carbons (Fsp3) is 0.143. The molecule has 0 atom stereocenters. The van der Waals surface area contributed by atoms with Crippen LogP contribution in [0.25, 0.3) is 0 Å². The normalized spacial score (nSPS) is 11.0. The summed E-state index contributed by atoms with van der Waals surface area (Å²) in [5.74, 6) is -0.0659. The Morgan fingerprint density at radius 1 is 1.13 bits per heavy atom. The number of ether oxygens (including phenoxy) is 1. The summed E-state index contributed by atoms with van der Waals surface area (Å²) in [5.41, 5.74) is 1.05. The zero-order chi connectivity index (χ0) is 21.6. The van der Waals surface area contributed by atoms with Crippen LogP contribution >= 0.6 is 11.6 Å². The predicted octanol–water partition coefficient (Wildman–Crippen LogP) is 3.26. The fourth-order valence-corrected chi connectivity index (χ4v) is 4.42. The second kappa shape index (κ2) is 9.60. The van der Waals surface area contributed by atoms with E-state index in [1.807, 2.05) is 6.07 Å². The van der Waals surface area contributed by atoms with Gasteiger partial charge in [-0.1, -0.05) is 35.9 Å². The van der Waals surface area contributed by atoms with Crippen LogP contribution in [-0.4, -0.2) is 33.0 Å². The first-order valence-corrected chi connectivity index (χ1v) is 10.8. The molecule has 1 amide bonds. The molecule has 7 nitrogen and oxygen atoms in total. The number of aromatic nitrogens is 1. The number of pyridine rings is 1. The topological polar surface area (TPSA) is 88.6 Å². The lowest BCUT2D eigenvalue weighted by atomic mass is 10.3. The summed E-state index contributed by atoms with van der Waals surface area (Å²) in [6.45, 7) is -0.185. The van der Waals surface area contributed by atoms with Gasteiger partial charge in [0.2, 0.25) is 5.91 Å². The molecule has 0 bridgehead atoms. The lowest BCUT2D eigenvalue weighted by molar-refractivity contribution is -0.119. The van der Waals surface area contributed by atoms with Crippen LogP contribution in [-0.2, 0) is 21.4 Å². The Balaban J connectivity index is 1.89. The zero-order valence-corrected chi connectivity index (χ0v) is 17.7. The van der Waals surface area contributed by atoms with E-state index >= 15 is 0 Å². The van der Waals surface area contributed by atoms with Crippen molar-refractivity contribution in [3.63, 3.8) is 0 Å². The number of methoxy groups -OCH3 is 1. The van der Waals surface area contributed by atoms with E-state index in [1.54, 1.807) is 48.8 Å². The van der Waals surface area contributed by atoms with Crippen molar-refractivity contribution in [3.05, 3.63) is 83.6 Å². The van der Waals surface area contributed by atoms with E-state index in [4.69, 9.17) is 16.3 Å². The lowest BCUT2D eigenvalue weighted by Crippen LogP contribution is -2.40. The van der Waals surface area contributed by atoms with Crippen molar-refractivity contribution in [2.24, 2.45) is 0 Å². The highest BCUT2D eigenvalue weighted by Gasteiger charge is 2.27. The van der Waals surface area contributed by atoms with Crippen molar-refractivity contribution in [3.8, 4) is 5.75 Å². The molecular formula is C21H20ClN3O4S. The van der Waals surface area contributed by atoms with Gasteiger partial charge in [-0.05, 0) is 42.0 Å². The number of anilines is 1. The number of nitrogens with zero attached hydrogens (tertiary/aromatic N) is 2. The number of carbonyl (C=O) groups is 1. The van der Waals surface area contributed by atoms with E-state index in [1.165, 1.54) is 25.3 Å². The van der Waals surface area contributed by atoms with Crippen molar-refractivity contribution < 1.29 is 17.9 Å². The molecule has 0 aliphatic carbocycles. The smallest absolute Gasteiger partial charge is 0.264 e. The van der Waals surface area contributed by atoms with Crippen LogP contribution in [0.3, 0.4) is 0 Å². The van der Waals surface area contributed by atoms with Crippen LogP contribution in [0.5, 0.6) is 5.75 Å². The highest BCUT2D eigenvalue weighted by Crippen LogP contribution is 2.31. The Kier molecular flexibility index (Phi) is 6.91. The van der Waals surface area contributed by atoms with E-state index in [2.05, 4.69) is 10.3 Å². The number of hydrogen-bond donors (Lipinski definition) is 1.